The minimum Gasteiger partial charge on any atom is -0.478 e. The number of carboxylic acid groups (broad SMARTS) is 1. The standard InChI is InChI=1S/C17H19NO2S/c1-10-5-6-11(2)14(7-10)9-21-16-15(17(19)20)12(3)8-13(4)18-16/h5-8H,9H2,1-4H3,(H,19,20). The lowest BCUT2D eigenvalue weighted by atomic mass is 10.1. The van der Waals surface area contributed by atoms with Gasteiger partial charge in [-0.15, -0.1) is 11.8 Å². The number of aromatic nitrogens is 1. The van der Waals surface area contributed by atoms with Gasteiger partial charge < -0.3 is 5.11 Å². The van der Waals surface area contributed by atoms with Gasteiger partial charge in [0, 0.05) is 11.4 Å². The molecule has 1 aromatic heterocycles. The van der Waals surface area contributed by atoms with Gasteiger partial charge in [0.25, 0.3) is 0 Å². The second-order valence-corrected chi connectivity index (χ2v) is 6.25. The molecule has 2 aromatic rings. The van der Waals surface area contributed by atoms with E-state index in [-0.39, 0.29) is 0 Å². The summed E-state index contributed by atoms with van der Waals surface area (Å²) in [6.45, 7) is 7.84. The molecule has 0 spiro atoms. The topological polar surface area (TPSA) is 50.2 Å². The van der Waals surface area contributed by atoms with Crippen LogP contribution in [-0.4, -0.2) is 16.1 Å². The highest BCUT2D eigenvalue weighted by Gasteiger charge is 2.16. The van der Waals surface area contributed by atoms with Crippen molar-refractivity contribution in [2.75, 3.05) is 0 Å². The Kier molecular flexibility index (Phi) is 4.68. The van der Waals surface area contributed by atoms with Gasteiger partial charge in [0.2, 0.25) is 0 Å². The van der Waals surface area contributed by atoms with Crippen LogP contribution in [0.15, 0.2) is 29.3 Å². The Bertz CT molecular complexity index is 695. The number of hydrogen-bond acceptors (Lipinski definition) is 3. The first-order valence-corrected chi connectivity index (χ1v) is 7.77. The molecule has 0 aliphatic carbocycles. The van der Waals surface area contributed by atoms with E-state index in [4.69, 9.17) is 0 Å². The van der Waals surface area contributed by atoms with E-state index < -0.39 is 5.97 Å². The number of hydrogen-bond donors (Lipinski definition) is 1. The summed E-state index contributed by atoms with van der Waals surface area (Å²) in [6, 6.07) is 8.14. The van der Waals surface area contributed by atoms with Crippen molar-refractivity contribution in [1.29, 1.82) is 0 Å². The fourth-order valence-corrected chi connectivity index (χ4v) is 3.47. The number of carbonyl (C=O) groups is 1. The minimum absolute atomic E-state index is 0.316. The Labute approximate surface area is 129 Å². The van der Waals surface area contributed by atoms with Crippen LogP contribution in [0.1, 0.15) is 38.3 Å². The van der Waals surface area contributed by atoms with Crippen LogP contribution in [0.3, 0.4) is 0 Å². The van der Waals surface area contributed by atoms with E-state index in [0.717, 1.165) is 17.0 Å². The lowest BCUT2D eigenvalue weighted by Gasteiger charge is -2.11. The summed E-state index contributed by atoms with van der Waals surface area (Å²) in [4.78, 5) is 15.8. The molecule has 0 unspecified atom stereocenters. The number of pyridine rings is 1. The summed E-state index contributed by atoms with van der Waals surface area (Å²) in [6.07, 6.45) is 0. The molecule has 0 aliphatic rings. The zero-order chi connectivity index (χ0) is 15.6. The van der Waals surface area contributed by atoms with Crippen LogP contribution in [0.4, 0.5) is 0 Å². The van der Waals surface area contributed by atoms with E-state index in [1.54, 1.807) is 0 Å². The van der Waals surface area contributed by atoms with Crippen LogP contribution in [0.25, 0.3) is 0 Å². The van der Waals surface area contributed by atoms with Gasteiger partial charge in [-0.25, -0.2) is 9.78 Å². The molecule has 0 atom stereocenters. The third kappa shape index (κ3) is 3.64. The SMILES string of the molecule is Cc1ccc(C)c(CSc2nc(C)cc(C)c2C(=O)O)c1. The third-order valence-electron chi connectivity index (χ3n) is 3.39. The first kappa shape index (κ1) is 15.6. The van der Waals surface area contributed by atoms with Gasteiger partial charge in [0.1, 0.15) is 5.03 Å². The van der Waals surface area contributed by atoms with Gasteiger partial charge in [-0.2, -0.15) is 0 Å². The maximum atomic E-state index is 11.4. The number of aromatic carboxylic acids is 1. The molecule has 1 heterocycles. The van der Waals surface area contributed by atoms with Crippen molar-refractivity contribution in [3.05, 3.63) is 57.8 Å². The molecule has 1 N–H and O–H groups in total. The van der Waals surface area contributed by atoms with E-state index in [2.05, 4.69) is 37.0 Å². The number of carboxylic acids is 1. The van der Waals surface area contributed by atoms with Crippen molar-refractivity contribution in [2.45, 2.75) is 38.5 Å². The molecule has 0 bridgehead atoms. The van der Waals surface area contributed by atoms with Crippen LogP contribution in [-0.2, 0) is 5.75 Å². The van der Waals surface area contributed by atoms with Crippen molar-refractivity contribution in [3.63, 3.8) is 0 Å². The summed E-state index contributed by atoms with van der Waals surface area (Å²) in [5.41, 5.74) is 5.57. The van der Waals surface area contributed by atoms with Crippen molar-refractivity contribution in [3.8, 4) is 0 Å². The molecule has 4 heteroatoms. The Balaban J connectivity index is 2.31. The van der Waals surface area contributed by atoms with Crippen LogP contribution >= 0.6 is 11.8 Å². The molecule has 2 rings (SSSR count). The van der Waals surface area contributed by atoms with Gasteiger partial charge >= 0.3 is 5.97 Å². The number of thioether (sulfide) groups is 1. The summed E-state index contributed by atoms with van der Waals surface area (Å²) >= 11 is 1.49. The molecule has 0 radical (unpaired) electrons. The third-order valence-corrected chi connectivity index (χ3v) is 4.42. The maximum Gasteiger partial charge on any atom is 0.338 e. The van der Waals surface area contributed by atoms with E-state index in [0.29, 0.717) is 10.6 Å². The number of benzene rings is 1. The fourth-order valence-electron chi connectivity index (χ4n) is 2.27. The van der Waals surface area contributed by atoms with Crippen LogP contribution < -0.4 is 0 Å². The van der Waals surface area contributed by atoms with Crippen molar-refractivity contribution < 1.29 is 9.90 Å². The van der Waals surface area contributed by atoms with Crippen molar-refractivity contribution in [2.24, 2.45) is 0 Å². The molecular weight excluding hydrogens is 282 g/mol. The summed E-state index contributed by atoms with van der Waals surface area (Å²) in [5.74, 6) is -0.188. The summed E-state index contributed by atoms with van der Waals surface area (Å²) in [7, 11) is 0. The maximum absolute atomic E-state index is 11.4. The highest BCUT2D eigenvalue weighted by molar-refractivity contribution is 7.98. The molecule has 0 saturated carbocycles. The van der Waals surface area contributed by atoms with E-state index in [9.17, 15) is 9.90 Å². The minimum atomic E-state index is -0.913. The number of rotatable bonds is 4. The van der Waals surface area contributed by atoms with Gasteiger partial charge in [-0.1, -0.05) is 23.8 Å². The molecule has 0 fully saturated rings. The Hall–Kier alpha value is -1.81. The van der Waals surface area contributed by atoms with E-state index in [1.807, 2.05) is 19.9 Å². The Morgan fingerprint density at radius 3 is 2.52 bits per heavy atom. The average molecular weight is 301 g/mol. The normalized spacial score (nSPS) is 10.7. The molecule has 0 saturated heterocycles. The largest absolute Gasteiger partial charge is 0.478 e. The second kappa shape index (κ2) is 6.31. The fraction of sp³-hybridized carbons (Fsp3) is 0.294. The lowest BCUT2D eigenvalue weighted by molar-refractivity contribution is 0.0691. The monoisotopic (exact) mass is 301 g/mol. The van der Waals surface area contributed by atoms with Crippen LogP contribution in [0.2, 0.25) is 0 Å². The van der Waals surface area contributed by atoms with Crippen molar-refractivity contribution in [1.82, 2.24) is 4.98 Å². The first-order valence-electron chi connectivity index (χ1n) is 6.79. The molecule has 1 aromatic carbocycles. The highest BCUT2D eigenvalue weighted by Crippen LogP contribution is 2.28. The molecular formula is C17H19NO2S. The summed E-state index contributed by atoms with van der Waals surface area (Å²) < 4.78 is 0. The molecule has 0 aliphatic heterocycles. The quantitative estimate of drug-likeness (QED) is 0.855. The smallest absolute Gasteiger partial charge is 0.338 e. The predicted octanol–water partition coefficient (Wildman–Crippen LogP) is 4.31. The number of aryl methyl sites for hydroxylation is 4. The second-order valence-electron chi connectivity index (χ2n) is 5.28. The zero-order valence-electron chi connectivity index (χ0n) is 12.7. The lowest BCUT2D eigenvalue weighted by Crippen LogP contribution is -2.05. The Morgan fingerprint density at radius 2 is 1.86 bits per heavy atom. The molecule has 21 heavy (non-hydrogen) atoms. The van der Waals surface area contributed by atoms with Crippen LogP contribution in [0, 0.1) is 27.7 Å². The zero-order valence-corrected chi connectivity index (χ0v) is 13.5. The molecule has 110 valence electrons. The molecule has 3 nitrogen and oxygen atoms in total. The number of nitrogens with zero attached hydrogens (tertiary/aromatic N) is 1. The van der Waals surface area contributed by atoms with Gasteiger partial charge in [0.05, 0.1) is 5.56 Å². The van der Waals surface area contributed by atoms with Gasteiger partial charge in [0.15, 0.2) is 0 Å². The van der Waals surface area contributed by atoms with E-state index in [1.165, 1.54) is 28.5 Å². The van der Waals surface area contributed by atoms with E-state index >= 15 is 0 Å². The van der Waals surface area contributed by atoms with Gasteiger partial charge in [-0.05, 0) is 50.5 Å². The van der Waals surface area contributed by atoms with Crippen molar-refractivity contribution >= 4 is 17.7 Å². The average Bonchev–Trinajstić information content (AvgIpc) is 2.38. The Morgan fingerprint density at radius 1 is 1.14 bits per heavy atom. The van der Waals surface area contributed by atoms with Crippen LogP contribution in [0.5, 0.6) is 0 Å². The molecule has 0 amide bonds. The predicted molar refractivity (Wildman–Crippen MR) is 86.1 cm³/mol. The van der Waals surface area contributed by atoms with Gasteiger partial charge in [-0.3, -0.25) is 0 Å². The first-order chi connectivity index (χ1) is 9.88. The summed E-state index contributed by atoms with van der Waals surface area (Å²) in [5, 5.41) is 9.98. The highest BCUT2D eigenvalue weighted by atomic mass is 32.2.